The topological polar surface area (TPSA) is 124 Å². The van der Waals surface area contributed by atoms with Crippen molar-refractivity contribution >= 4 is 23.2 Å². The lowest BCUT2D eigenvalue weighted by Gasteiger charge is -2.02. The summed E-state index contributed by atoms with van der Waals surface area (Å²) in [5.74, 6) is -1.45. The van der Waals surface area contributed by atoms with Gasteiger partial charge in [0.05, 0.1) is 18.5 Å². The highest BCUT2D eigenvalue weighted by molar-refractivity contribution is 5.88. The SMILES string of the molecule is COC(=O)c1ccnc2cc(-c3ccccc3C)nn12.Cc1ccccc1-c1cc2nccc(C(=O)O)n2n1. The molecule has 2 aromatic carbocycles. The number of aromatic nitrogens is 6. The lowest BCUT2D eigenvalue weighted by Crippen LogP contribution is -2.09. The normalized spacial score (nSPS) is 10.7. The van der Waals surface area contributed by atoms with Gasteiger partial charge in [0, 0.05) is 35.7 Å². The molecule has 1 N–H and O–H groups in total. The first-order chi connectivity index (χ1) is 18.9. The van der Waals surface area contributed by atoms with Gasteiger partial charge in [-0.05, 0) is 37.1 Å². The first-order valence-electron chi connectivity index (χ1n) is 12.0. The molecule has 6 rings (SSSR count). The quantitative estimate of drug-likeness (QED) is 0.326. The number of ether oxygens (including phenoxy) is 1. The summed E-state index contributed by atoms with van der Waals surface area (Å²) in [6.45, 7) is 4.01. The maximum absolute atomic E-state index is 11.7. The Morgan fingerprint density at radius 1 is 0.718 bits per heavy atom. The maximum Gasteiger partial charge on any atom is 0.356 e. The summed E-state index contributed by atoms with van der Waals surface area (Å²) >= 11 is 0. The van der Waals surface area contributed by atoms with Crippen molar-refractivity contribution in [2.75, 3.05) is 7.11 Å². The number of carboxylic acid groups (broad SMARTS) is 1. The fourth-order valence-corrected chi connectivity index (χ4v) is 4.20. The Morgan fingerprint density at radius 3 is 1.64 bits per heavy atom. The molecule has 0 saturated carbocycles. The van der Waals surface area contributed by atoms with E-state index in [2.05, 4.69) is 20.2 Å². The highest BCUT2D eigenvalue weighted by Gasteiger charge is 2.15. The number of aromatic carboxylic acids is 1. The number of benzene rings is 2. The van der Waals surface area contributed by atoms with Crippen LogP contribution in [0, 0.1) is 13.8 Å². The van der Waals surface area contributed by atoms with E-state index in [1.807, 2.05) is 68.4 Å². The number of nitrogens with zero attached hydrogens (tertiary/aromatic N) is 6. The number of esters is 1. The molecule has 10 heteroatoms. The van der Waals surface area contributed by atoms with Crippen LogP contribution < -0.4 is 0 Å². The molecule has 0 unspecified atom stereocenters. The van der Waals surface area contributed by atoms with Gasteiger partial charge in [-0.15, -0.1) is 0 Å². The summed E-state index contributed by atoms with van der Waals surface area (Å²) in [4.78, 5) is 31.2. The molecular weight excluding hydrogens is 496 g/mol. The van der Waals surface area contributed by atoms with Gasteiger partial charge in [-0.3, -0.25) is 0 Å². The van der Waals surface area contributed by atoms with Crippen molar-refractivity contribution in [3.05, 3.63) is 108 Å². The number of hydrogen-bond donors (Lipinski definition) is 1. The first-order valence-corrected chi connectivity index (χ1v) is 12.0. The van der Waals surface area contributed by atoms with E-state index in [1.165, 1.54) is 28.4 Å². The largest absolute Gasteiger partial charge is 0.477 e. The van der Waals surface area contributed by atoms with Gasteiger partial charge in [0.1, 0.15) is 0 Å². The molecule has 0 aliphatic heterocycles. The first kappa shape index (κ1) is 25.3. The number of carbonyl (C=O) groups excluding carboxylic acids is 1. The Balaban J connectivity index is 0.000000158. The molecule has 10 nitrogen and oxygen atoms in total. The predicted octanol–water partition coefficient (Wildman–Crippen LogP) is 4.89. The third-order valence-electron chi connectivity index (χ3n) is 6.17. The fraction of sp³-hybridized carbons (Fsp3) is 0.103. The lowest BCUT2D eigenvalue weighted by atomic mass is 10.1. The maximum atomic E-state index is 11.7. The summed E-state index contributed by atoms with van der Waals surface area (Å²) in [6, 6.07) is 22.5. The summed E-state index contributed by atoms with van der Waals surface area (Å²) in [7, 11) is 1.35. The Bertz CT molecular complexity index is 1840. The standard InChI is InChI=1S/C15H13N3O2.C14H11N3O2/c1-10-5-3-4-6-11(10)12-9-14-16-8-7-13(15(19)20-2)18(14)17-12;1-9-4-2-3-5-10(9)11-8-13-15-7-6-12(14(18)19)17(13)16-11/h3-9H,1-2H3;2-8H,1H3,(H,18,19). The van der Waals surface area contributed by atoms with Crippen molar-refractivity contribution < 1.29 is 19.4 Å². The van der Waals surface area contributed by atoms with Crippen LogP contribution in [0.1, 0.15) is 32.1 Å². The molecule has 0 spiro atoms. The van der Waals surface area contributed by atoms with Crippen LogP contribution in [0.5, 0.6) is 0 Å². The molecule has 0 amide bonds. The molecule has 4 heterocycles. The summed E-state index contributed by atoms with van der Waals surface area (Å²) < 4.78 is 7.61. The van der Waals surface area contributed by atoms with Crippen LogP contribution in [-0.2, 0) is 4.74 Å². The fourth-order valence-electron chi connectivity index (χ4n) is 4.20. The Hall–Kier alpha value is -5.38. The van der Waals surface area contributed by atoms with Crippen LogP contribution in [0.15, 0.2) is 85.2 Å². The van der Waals surface area contributed by atoms with Crippen LogP contribution in [0.2, 0.25) is 0 Å². The van der Waals surface area contributed by atoms with Crippen molar-refractivity contribution in [2.45, 2.75) is 13.8 Å². The van der Waals surface area contributed by atoms with E-state index in [4.69, 9.17) is 9.84 Å². The van der Waals surface area contributed by atoms with Crippen molar-refractivity contribution in [2.24, 2.45) is 0 Å². The van der Waals surface area contributed by atoms with Crippen molar-refractivity contribution in [1.82, 2.24) is 29.2 Å². The van der Waals surface area contributed by atoms with Gasteiger partial charge >= 0.3 is 11.9 Å². The van der Waals surface area contributed by atoms with Gasteiger partial charge in [0.15, 0.2) is 22.7 Å². The molecule has 0 saturated heterocycles. The van der Waals surface area contributed by atoms with Crippen molar-refractivity contribution in [3.63, 3.8) is 0 Å². The van der Waals surface area contributed by atoms with Crippen LogP contribution in [-0.4, -0.2) is 53.4 Å². The molecule has 194 valence electrons. The second kappa shape index (κ2) is 10.5. The number of aryl methyl sites for hydroxylation is 2. The Kier molecular flexibility index (Phi) is 6.83. The summed E-state index contributed by atoms with van der Waals surface area (Å²) in [6.07, 6.45) is 3.05. The number of rotatable bonds is 4. The van der Waals surface area contributed by atoms with E-state index in [-0.39, 0.29) is 5.69 Å². The minimum absolute atomic E-state index is 0.102. The molecule has 4 aromatic heterocycles. The zero-order valence-corrected chi connectivity index (χ0v) is 21.4. The van der Waals surface area contributed by atoms with Crippen molar-refractivity contribution in [1.29, 1.82) is 0 Å². The number of methoxy groups -OCH3 is 1. The molecule has 0 bridgehead atoms. The van der Waals surface area contributed by atoms with E-state index in [9.17, 15) is 9.59 Å². The molecule has 0 radical (unpaired) electrons. The van der Waals surface area contributed by atoms with Gasteiger partial charge in [-0.25, -0.2) is 28.6 Å². The predicted molar refractivity (Wildman–Crippen MR) is 145 cm³/mol. The summed E-state index contributed by atoms with van der Waals surface area (Å²) in [5, 5.41) is 17.9. The highest BCUT2D eigenvalue weighted by atomic mass is 16.5. The average molecular weight is 521 g/mol. The van der Waals surface area contributed by atoms with Gasteiger partial charge in [0.2, 0.25) is 0 Å². The minimum Gasteiger partial charge on any atom is -0.477 e. The molecule has 6 aromatic rings. The van der Waals surface area contributed by atoms with Crippen LogP contribution in [0.4, 0.5) is 0 Å². The Labute approximate surface area is 223 Å². The number of carboxylic acids is 1. The molecular formula is C29H24N6O4. The number of carbonyl (C=O) groups is 2. The third kappa shape index (κ3) is 4.95. The smallest absolute Gasteiger partial charge is 0.356 e. The van der Waals surface area contributed by atoms with Gasteiger partial charge in [-0.2, -0.15) is 10.2 Å². The van der Waals surface area contributed by atoms with E-state index in [0.29, 0.717) is 17.0 Å². The van der Waals surface area contributed by atoms with Gasteiger partial charge < -0.3 is 9.84 Å². The van der Waals surface area contributed by atoms with Crippen LogP contribution >= 0.6 is 0 Å². The molecule has 0 atom stereocenters. The van der Waals surface area contributed by atoms with E-state index >= 15 is 0 Å². The molecule has 0 aliphatic carbocycles. The average Bonchev–Trinajstić information content (AvgIpc) is 3.57. The number of hydrogen-bond acceptors (Lipinski definition) is 7. The van der Waals surface area contributed by atoms with E-state index < -0.39 is 11.9 Å². The lowest BCUT2D eigenvalue weighted by molar-refractivity contribution is 0.0589. The van der Waals surface area contributed by atoms with Gasteiger partial charge in [-0.1, -0.05) is 48.5 Å². The van der Waals surface area contributed by atoms with Crippen LogP contribution in [0.25, 0.3) is 33.8 Å². The zero-order chi connectivity index (χ0) is 27.5. The molecule has 39 heavy (non-hydrogen) atoms. The monoisotopic (exact) mass is 520 g/mol. The second-order valence-corrected chi connectivity index (χ2v) is 8.69. The van der Waals surface area contributed by atoms with Crippen molar-refractivity contribution in [3.8, 4) is 22.5 Å². The van der Waals surface area contributed by atoms with E-state index in [0.717, 1.165) is 33.6 Å². The van der Waals surface area contributed by atoms with Gasteiger partial charge in [0.25, 0.3) is 0 Å². The molecule has 0 fully saturated rings. The van der Waals surface area contributed by atoms with Crippen LogP contribution in [0.3, 0.4) is 0 Å². The summed E-state index contributed by atoms with van der Waals surface area (Å²) in [5.41, 5.74) is 7.31. The molecule has 0 aliphatic rings. The second-order valence-electron chi connectivity index (χ2n) is 8.69. The Morgan fingerprint density at radius 2 is 1.18 bits per heavy atom. The minimum atomic E-state index is -1.02. The number of fused-ring (bicyclic) bond motifs is 2. The van der Waals surface area contributed by atoms with E-state index in [1.54, 1.807) is 18.3 Å². The third-order valence-corrected chi connectivity index (χ3v) is 6.17. The zero-order valence-electron chi connectivity index (χ0n) is 21.4. The highest BCUT2D eigenvalue weighted by Crippen LogP contribution is 2.24.